The zero-order valence-corrected chi connectivity index (χ0v) is 9.58. The number of nitrogen functional groups attached to an aromatic ring is 1. The lowest BCUT2D eigenvalue weighted by atomic mass is 10.3. The Morgan fingerprint density at radius 1 is 1.29 bits per heavy atom. The fourth-order valence-corrected chi connectivity index (χ4v) is 2.41. The van der Waals surface area contributed by atoms with E-state index in [-0.39, 0.29) is 22.8 Å². The first-order chi connectivity index (χ1) is 7.79. The Bertz CT molecular complexity index is 419. The van der Waals surface area contributed by atoms with Gasteiger partial charge in [0.15, 0.2) is 0 Å². The quantitative estimate of drug-likeness (QED) is 0.674. The summed E-state index contributed by atoms with van der Waals surface area (Å²) in [7, 11) is -1.63. The molecule has 0 fully saturated rings. The maximum Gasteiger partial charge on any atom is 0.389 e. The summed E-state index contributed by atoms with van der Waals surface area (Å²) in [6.45, 7) is 0. The highest BCUT2D eigenvalue weighted by Gasteiger charge is 2.26. The van der Waals surface area contributed by atoms with Gasteiger partial charge in [0.2, 0.25) is 0 Å². The molecular weight excluding hydrogens is 258 g/mol. The molecule has 1 rings (SSSR count). The summed E-state index contributed by atoms with van der Waals surface area (Å²) >= 11 is 0. The van der Waals surface area contributed by atoms with Crippen LogP contribution in [0, 0.1) is 5.82 Å². The molecule has 96 valence electrons. The maximum atomic E-state index is 12.7. The molecule has 0 aromatic heterocycles. The van der Waals surface area contributed by atoms with Crippen LogP contribution < -0.4 is 5.73 Å². The second-order valence-corrected chi connectivity index (χ2v) is 4.99. The van der Waals surface area contributed by atoms with Crippen molar-refractivity contribution in [1.29, 1.82) is 0 Å². The summed E-state index contributed by atoms with van der Waals surface area (Å²) in [4.78, 5) is 0.175. The topological polar surface area (TPSA) is 43.1 Å². The number of anilines is 1. The largest absolute Gasteiger partial charge is 0.398 e. The minimum Gasteiger partial charge on any atom is -0.398 e. The Kier molecular flexibility index (Phi) is 4.50. The molecule has 0 bridgehead atoms. The monoisotopic (exact) mass is 269 g/mol. The van der Waals surface area contributed by atoms with Gasteiger partial charge in [0.05, 0.1) is 21.4 Å². The summed E-state index contributed by atoms with van der Waals surface area (Å²) in [6, 6.07) is 3.30. The SMILES string of the molecule is Nc1cc(F)ccc1S(=O)CCCC(F)(F)F. The van der Waals surface area contributed by atoms with E-state index in [0.29, 0.717) is 0 Å². The fourth-order valence-electron chi connectivity index (χ4n) is 1.24. The first-order valence-electron chi connectivity index (χ1n) is 4.80. The molecule has 7 heteroatoms. The molecule has 0 spiro atoms. The van der Waals surface area contributed by atoms with Crippen LogP contribution in [0.1, 0.15) is 12.8 Å². The minimum atomic E-state index is -4.25. The van der Waals surface area contributed by atoms with E-state index in [0.717, 1.165) is 12.1 Å². The first kappa shape index (κ1) is 14.0. The third-order valence-corrected chi connectivity index (χ3v) is 3.53. The number of hydrogen-bond donors (Lipinski definition) is 1. The van der Waals surface area contributed by atoms with E-state index >= 15 is 0 Å². The van der Waals surface area contributed by atoms with Gasteiger partial charge >= 0.3 is 6.18 Å². The number of nitrogens with two attached hydrogens (primary N) is 1. The molecule has 2 nitrogen and oxygen atoms in total. The van der Waals surface area contributed by atoms with E-state index < -0.39 is 29.2 Å². The standard InChI is InChI=1S/C10H11F4NOS/c11-7-2-3-9(8(15)6-7)17(16)5-1-4-10(12,13)14/h2-3,6H,1,4-5,15H2. The molecule has 2 N–H and O–H groups in total. The van der Waals surface area contributed by atoms with Crippen LogP contribution in [0.2, 0.25) is 0 Å². The van der Waals surface area contributed by atoms with E-state index in [2.05, 4.69) is 0 Å². The summed E-state index contributed by atoms with van der Waals surface area (Å²) in [5.74, 6) is -0.714. The Balaban J connectivity index is 2.59. The number of benzene rings is 1. The Hall–Kier alpha value is -1.11. The summed E-state index contributed by atoms with van der Waals surface area (Å²) in [5, 5.41) is 0. The Labute approximate surface area is 98.3 Å². The fraction of sp³-hybridized carbons (Fsp3) is 0.400. The van der Waals surface area contributed by atoms with Gasteiger partial charge in [-0.3, -0.25) is 4.21 Å². The molecule has 0 heterocycles. The van der Waals surface area contributed by atoms with E-state index in [1.807, 2.05) is 0 Å². The van der Waals surface area contributed by atoms with E-state index in [4.69, 9.17) is 5.73 Å². The predicted octanol–water partition coefficient (Wildman–Crippen LogP) is 2.86. The molecule has 0 aliphatic heterocycles. The molecule has 1 atom stereocenters. The smallest absolute Gasteiger partial charge is 0.389 e. The average molecular weight is 269 g/mol. The second kappa shape index (κ2) is 5.48. The minimum absolute atomic E-state index is 0.00431. The Morgan fingerprint density at radius 3 is 2.47 bits per heavy atom. The van der Waals surface area contributed by atoms with Crippen LogP contribution in [0.15, 0.2) is 23.1 Å². The van der Waals surface area contributed by atoms with Crippen LogP contribution in [-0.4, -0.2) is 16.1 Å². The average Bonchev–Trinajstić information content (AvgIpc) is 2.15. The van der Waals surface area contributed by atoms with Crippen molar-refractivity contribution >= 4 is 16.5 Å². The number of halogens is 4. The lowest BCUT2D eigenvalue weighted by molar-refractivity contribution is -0.134. The number of alkyl halides is 3. The molecule has 0 saturated carbocycles. The van der Waals surface area contributed by atoms with Gasteiger partial charge in [0, 0.05) is 12.2 Å². The van der Waals surface area contributed by atoms with Crippen LogP contribution in [-0.2, 0) is 10.8 Å². The Morgan fingerprint density at radius 2 is 1.94 bits per heavy atom. The van der Waals surface area contributed by atoms with Crippen molar-refractivity contribution in [2.75, 3.05) is 11.5 Å². The molecule has 0 aliphatic carbocycles. The van der Waals surface area contributed by atoms with Gasteiger partial charge in [-0.2, -0.15) is 13.2 Å². The van der Waals surface area contributed by atoms with Crippen molar-refractivity contribution in [2.45, 2.75) is 23.9 Å². The van der Waals surface area contributed by atoms with E-state index in [1.54, 1.807) is 0 Å². The van der Waals surface area contributed by atoms with Crippen molar-refractivity contribution in [3.63, 3.8) is 0 Å². The van der Waals surface area contributed by atoms with Crippen molar-refractivity contribution < 1.29 is 21.8 Å². The van der Waals surface area contributed by atoms with Gasteiger partial charge in [-0.1, -0.05) is 0 Å². The van der Waals surface area contributed by atoms with Crippen molar-refractivity contribution in [3.8, 4) is 0 Å². The third kappa shape index (κ3) is 4.72. The molecule has 0 saturated heterocycles. The van der Waals surface area contributed by atoms with Gasteiger partial charge in [-0.25, -0.2) is 4.39 Å². The zero-order valence-electron chi connectivity index (χ0n) is 8.76. The molecule has 0 radical (unpaired) electrons. The zero-order chi connectivity index (χ0) is 13.1. The molecule has 1 aromatic rings. The third-order valence-electron chi connectivity index (χ3n) is 2.01. The maximum absolute atomic E-state index is 12.7. The number of hydrogen-bond acceptors (Lipinski definition) is 2. The highest BCUT2D eigenvalue weighted by Crippen LogP contribution is 2.23. The molecule has 1 aromatic carbocycles. The van der Waals surface area contributed by atoms with Crippen LogP contribution in [0.4, 0.5) is 23.2 Å². The van der Waals surface area contributed by atoms with Gasteiger partial charge in [0.25, 0.3) is 0 Å². The van der Waals surface area contributed by atoms with Gasteiger partial charge in [-0.15, -0.1) is 0 Å². The lowest BCUT2D eigenvalue weighted by Crippen LogP contribution is -2.10. The first-order valence-corrected chi connectivity index (χ1v) is 6.11. The summed E-state index contributed by atoms with van der Waals surface area (Å²) < 4.78 is 59.9. The van der Waals surface area contributed by atoms with Gasteiger partial charge < -0.3 is 5.73 Å². The van der Waals surface area contributed by atoms with Crippen molar-refractivity contribution in [1.82, 2.24) is 0 Å². The lowest BCUT2D eigenvalue weighted by Gasteiger charge is -2.07. The van der Waals surface area contributed by atoms with Gasteiger partial charge in [-0.05, 0) is 24.6 Å². The van der Waals surface area contributed by atoms with Crippen LogP contribution >= 0.6 is 0 Å². The van der Waals surface area contributed by atoms with E-state index in [1.165, 1.54) is 6.07 Å². The molecule has 1 unspecified atom stereocenters. The summed E-state index contributed by atoms with van der Waals surface area (Å²) in [5.41, 5.74) is 5.42. The van der Waals surface area contributed by atoms with Crippen molar-refractivity contribution in [3.05, 3.63) is 24.0 Å². The summed E-state index contributed by atoms with van der Waals surface area (Å²) in [6.07, 6.45) is -5.48. The second-order valence-electron chi connectivity index (χ2n) is 3.45. The normalized spacial score (nSPS) is 13.6. The number of rotatable bonds is 4. The van der Waals surface area contributed by atoms with Crippen molar-refractivity contribution in [2.24, 2.45) is 0 Å². The van der Waals surface area contributed by atoms with Crippen LogP contribution in [0.3, 0.4) is 0 Å². The van der Waals surface area contributed by atoms with Crippen LogP contribution in [0.5, 0.6) is 0 Å². The predicted molar refractivity (Wildman–Crippen MR) is 57.4 cm³/mol. The molecule has 0 amide bonds. The van der Waals surface area contributed by atoms with Gasteiger partial charge in [0.1, 0.15) is 5.82 Å². The van der Waals surface area contributed by atoms with Crippen LogP contribution in [0.25, 0.3) is 0 Å². The molecule has 0 aliphatic rings. The van der Waals surface area contributed by atoms with E-state index in [9.17, 15) is 21.8 Å². The molecule has 17 heavy (non-hydrogen) atoms. The highest BCUT2D eigenvalue weighted by molar-refractivity contribution is 7.85. The molecular formula is C10H11F4NOS. The highest BCUT2D eigenvalue weighted by atomic mass is 32.2.